The molecule has 0 unspecified atom stereocenters. The van der Waals surface area contributed by atoms with Crippen molar-refractivity contribution in [3.8, 4) is 0 Å². The van der Waals surface area contributed by atoms with Crippen molar-refractivity contribution in [2.75, 3.05) is 26.2 Å². The second-order valence-corrected chi connectivity index (χ2v) is 7.70. The van der Waals surface area contributed by atoms with E-state index in [0.29, 0.717) is 32.7 Å². The van der Waals surface area contributed by atoms with Crippen molar-refractivity contribution < 1.29 is 9.59 Å². The fourth-order valence-electron chi connectivity index (χ4n) is 4.27. The summed E-state index contributed by atoms with van der Waals surface area (Å²) in [6, 6.07) is 8.35. The molecular weight excluding hydrogens is 350 g/mol. The summed E-state index contributed by atoms with van der Waals surface area (Å²) in [5.74, 6) is 0.160. The lowest BCUT2D eigenvalue weighted by molar-refractivity contribution is -0.130. The van der Waals surface area contributed by atoms with Gasteiger partial charge in [0.15, 0.2) is 0 Å². The van der Waals surface area contributed by atoms with Crippen LogP contribution in [0.15, 0.2) is 24.3 Å². The molecule has 1 aromatic heterocycles. The normalized spacial score (nSPS) is 14.5. The molecule has 1 saturated heterocycles. The first kappa shape index (κ1) is 20.2. The van der Waals surface area contributed by atoms with Crippen LogP contribution in [0.5, 0.6) is 0 Å². The smallest absolute Gasteiger partial charge is 0.270 e. The molecule has 1 fully saturated rings. The number of rotatable bonds is 4. The highest BCUT2D eigenvalue weighted by Crippen LogP contribution is 2.26. The summed E-state index contributed by atoms with van der Waals surface area (Å²) in [4.78, 5) is 28.8. The lowest BCUT2D eigenvalue weighted by Crippen LogP contribution is -2.50. The Labute approximate surface area is 167 Å². The summed E-state index contributed by atoms with van der Waals surface area (Å²) in [7, 11) is 0. The van der Waals surface area contributed by atoms with E-state index in [9.17, 15) is 9.59 Å². The van der Waals surface area contributed by atoms with Crippen molar-refractivity contribution in [3.05, 3.63) is 57.9 Å². The molecule has 1 aliphatic heterocycles. The predicted octanol–water partition coefficient (Wildman–Crippen LogP) is 3.33. The number of carbonyl (C=O) groups excluding carboxylic acids is 2. The number of piperazine rings is 1. The summed E-state index contributed by atoms with van der Waals surface area (Å²) in [5, 5.41) is 0. The monoisotopic (exact) mass is 381 g/mol. The molecule has 0 saturated carbocycles. The molecule has 3 rings (SSSR count). The quantitative estimate of drug-likeness (QED) is 0.815. The topological polar surface area (TPSA) is 45.6 Å². The SMILES string of the molecule is CCc1c(C)c(C(=O)N2CCN(C(C)=O)CC2)n(Cc2ccccc2C)c1C. The third kappa shape index (κ3) is 3.71. The van der Waals surface area contributed by atoms with Crippen LogP contribution >= 0.6 is 0 Å². The Kier molecular flexibility index (Phi) is 5.92. The lowest BCUT2D eigenvalue weighted by Gasteiger charge is -2.34. The van der Waals surface area contributed by atoms with Crippen molar-refractivity contribution >= 4 is 11.8 Å². The summed E-state index contributed by atoms with van der Waals surface area (Å²) in [6.45, 7) is 13.1. The van der Waals surface area contributed by atoms with Gasteiger partial charge >= 0.3 is 0 Å². The van der Waals surface area contributed by atoms with Gasteiger partial charge in [0.25, 0.3) is 5.91 Å². The van der Waals surface area contributed by atoms with Gasteiger partial charge < -0.3 is 14.4 Å². The van der Waals surface area contributed by atoms with E-state index in [0.717, 1.165) is 17.7 Å². The largest absolute Gasteiger partial charge is 0.339 e. The number of nitrogens with zero attached hydrogens (tertiary/aromatic N) is 3. The highest BCUT2D eigenvalue weighted by atomic mass is 16.2. The first-order valence-corrected chi connectivity index (χ1v) is 10.1. The van der Waals surface area contributed by atoms with Crippen LogP contribution in [-0.4, -0.2) is 52.4 Å². The van der Waals surface area contributed by atoms with Crippen LogP contribution in [0.1, 0.15) is 52.3 Å². The molecule has 0 spiro atoms. The van der Waals surface area contributed by atoms with Gasteiger partial charge in [-0.2, -0.15) is 0 Å². The third-order valence-electron chi connectivity index (χ3n) is 6.08. The Hall–Kier alpha value is -2.56. The molecule has 150 valence electrons. The van der Waals surface area contributed by atoms with E-state index in [2.05, 4.69) is 50.5 Å². The Balaban J connectivity index is 1.95. The van der Waals surface area contributed by atoms with Crippen LogP contribution in [-0.2, 0) is 17.8 Å². The van der Waals surface area contributed by atoms with Gasteiger partial charge in [0.1, 0.15) is 5.69 Å². The molecule has 2 aromatic rings. The molecule has 2 heterocycles. The molecule has 28 heavy (non-hydrogen) atoms. The Bertz CT molecular complexity index is 889. The van der Waals surface area contributed by atoms with E-state index in [1.807, 2.05) is 15.9 Å². The van der Waals surface area contributed by atoms with Crippen molar-refractivity contribution in [2.45, 2.75) is 47.6 Å². The average molecular weight is 382 g/mol. The number of carbonyl (C=O) groups is 2. The van der Waals surface area contributed by atoms with Crippen molar-refractivity contribution in [2.24, 2.45) is 0 Å². The highest BCUT2D eigenvalue weighted by molar-refractivity contribution is 5.95. The van der Waals surface area contributed by atoms with Crippen LogP contribution in [0, 0.1) is 20.8 Å². The summed E-state index contributed by atoms with van der Waals surface area (Å²) >= 11 is 0. The van der Waals surface area contributed by atoms with Crippen molar-refractivity contribution in [1.82, 2.24) is 14.4 Å². The van der Waals surface area contributed by atoms with E-state index in [1.165, 1.54) is 22.4 Å². The number of aryl methyl sites for hydroxylation is 1. The highest BCUT2D eigenvalue weighted by Gasteiger charge is 2.29. The Morgan fingerprint density at radius 2 is 1.57 bits per heavy atom. The summed E-state index contributed by atoms with van der Waals surface area (Å²) in [5.41, 5.74) is 6.80. The Morgan fingerprint density at radius 1 is 0.964 bits per heavy atom. The first-order valence-electron chi connectivity index (χ1n) is 10.1. The van der Waals surface area contributed by atoms with Crippen LogP contribution in [0.25, 0.3) is 0 Å². The second kappa shape index (κ2) is 8.21. The molecule has 0 radical (unpaired) electrons. The van der Waals surface area contributed by atoms with Gasteiger partial charge in [-0.3, -0.25) is 9.59 Å². The van der Waals surface area contributed by atoms with Gasteiger partial charge in [0.2, 0.25) is 5.91 Å². The predicted molar refractivity (Wildman–Crippen MR) is 112 cm³/mol. The molecule has 5 nitrogen and oxygen atoms in total. The van der Waals surface area contributed by atoms with Gasteiger partial charge in [0.05, 0.1) is 0 Å². The zero-order chi connectivity index (χ0) is 20.4. The number of aromatic nitrogens is 1. The maximum atomic E-state index is 13.5. The molecule has 0 bridgehead atoms. The number of amides is 2. The van der Waals surface area contributed by atoms with Crippen LogP contribution in [0.3, 0.4) is 0 Å². The Morgan fingerprint density at radius 3 is 2.14 bits per heavy atom. The van der Waals surface area contributed by atoms with Gasteiger partial charge in [0, 0.05) is 45.3 Å². The lowest BCUT2D eigenvalue weighted by atomic mass is 10.1. The summed E-state index contributed by atoms with van der Waals surface area (Å²) < 4.78 is 2.19. The maximum Gasteiger partial charge on any atom is 0.270 e. The van der Waals surface area contributed by atoms with E-state index < -0.39 is 0 Å². The molecule has 5 heteroatoms. The van der Waals surface area contributed by atoms with E-state index in [1.54, 1.807) is 6.92 Å². The molecule has 2 amide bonds. The molecule has 1 aliphatic rings. The average Bonchev–Trinajstić information content (AvgIpc) is 2.92. The van der Waals surface area contributed by atoms with Crippen LogP contribution < -0.4 is 0 Å². The minimum absolute atomic E-state index is 0.0790. The molecular formula is C23H31N3O2. The molecule has 0 atom stereocenters. The standard InChI is InChI=1S/C23H31N3O2/c1-6-21-17(3)22(23(28)25-13-11-24(12-14-25)19(5)27)26(18(21)4)15-20-10-8-7-9-16(20)2/h7-10H,6,11-15H2,1-5H3. The number of benzene rings is 1. The zero-order valence-corrected chi connectivity index (χ0v) is 17.7. The fourth-order valence-corrected chi connectivity index (χ4v) is 4.27. The number of hydrogen-bond acceptors (Lipinski definition) is 2. The van der Waals surface area contributed by atoms with Gasteiger partial charge in [-0.05, 0) is 49.4 Å². The van der Waals surface area contributed by atoms with E-state index in [4.69, 9.17) is 0 Å². The number of hydrogen-bond donors (Lipinski definition) is 0. The molecule has 0 aliphatic carbocycles. The third-order valence-corrected chi connectivity index (χ3v) is 6.08. The zero-order valence-electron chi connectivity index (χ0n) is 17.7. The molecule has 1 aromatic carbocycles. The van der Waals surface area contributed by atoms with Crippen molar-refractivity contribution in [3.63, 3.8) is 0 Å². The molecule has 0 N–H and O–H groups in total. The van der Waals surface area contributed by atoms with Crippen LogP contribution in [0.2, 0.25) is 0 Å². The van der Waals surface area contributed by atoms with Crippen LogP contribution in [0.4, 0.5) is 0 Å². The fraction of sp³-hybridized carbons (Fsp3) is 0.478. The van der Waals surface area contributed by atoms with Crippen molar-refractivity contribution in [1.29, 1.82) is 0 Å². The minimum Gasteiger partial charge on any atom is -0.339 e. The van der Waals surface area contributed by atoms with E-state index >= 15 is 0 Å². The van der Waals surface area contributed by atoms with E-state index in [-0.39, 0.29) is 11.8 Å². The minimum atomic E-state index is 0.0790. The first-order chi connectivity index (χ1) is 13.3. The summed E-state index contributed by atoms with van der Waals surface area (Å²) in [6.07, 6.45) is 0.914. The second-order valence-electron chi connectivity index (χ2n) is 7.70. The van der Waals surface area contributed by atoms with Gasteiger partial charge in [-0.25, -0.2) is 0 Å². The van der Waals surface area contributed by atoms with Gasteiger partial charge in [-0.15, -0.1) is 0 Å². The maximum absolute atomic E-state index is 13.5. The van der Waals surface area contributed by atoms with Gasteiger partial charge in [-0.1, -0.05) is 31.2 Å².